The lowest BCUT2D eigenvalue weighted by molar-refractivity contribution is 0.406. The van der Waals surface area contributed by atoms with Crippen molar-refractivity contribution < 1.29 is 0 Å². The molecule has 0 amide bonds. The Kier molecular flexibility index (Phi) is 4.11. The first-order chi connectivity index (χ1) is 10.1. The monoisotopic (exact) mass is 283 g/mol. The standard InChI is InChI=1S/C18H25N3/c1-13(2)9-17(19)18-11-20-12-21(18)16-8-7-14-5-3-4-6-15(14)10-16/h3-6,11-13,16-17H,7-10,19H2,1-2H3. The fourth-order valence-corrected chi connectivity index (χ4v) is 3.45. The summed E-state index contributed by atoms with van der Waals surface area (Å²) in [5, 5.41) is 0. The maximum Gasteiger partial charge on any atom is 0.0951 e. The zero-order valence-corrected chi connectivity index (χ0v) is 13.0. The van der Waals surface area contributed by atoms with Crippen molar-refractivity contribution in [1.29, 1.82) is 0 Å². The molecule has 112 valence electrons. The van der Waals surface area contributed by atoms with Gasteiger partial charge in [0.2, 0.25) is 0 Å². The molecule has 0 aliphatic heterocycles. The highest BCUT2D eigenvalue weighted by molar-refractivity contribution is 5.30. The summed E-state index contributed by atoms with van der Waals surface area (Å²) in [4.78, 5) is 4.36. The average molecular weight is 283 g/mol. The van der Waals surface area contributed by atoms with Crippen molar-refractivity contribution in [2.75, 3.05) is 0 Å². The molecule has 1 aliphatic rings. The second-order valence-corrected chi connectivity index (χ2v) is 6.63. The quantitative estimate of drug-likeness (QED) is 0.930. The van der Waals surface area contributed by atoms with Gasteiger partial charge in [-0.2, -0.15) is 0 Å². The van der Waals surface area contributed by atoms with Crippen molar-refractivity contribution in [3.63, 3.8) is 0 Å². The third-order valence-corrected chi connectivity index (χ3v) is 4.52. The molecule has 0 radical (unpaired) electrons. The number of imidazole rings is 1. The molecule has 3 nitrogen and oxygen atoms in total. The van der Waals surface area contributed by atoms with E-state index in [2.05, 4.69) is 47.7 Å². The Labute approximate surface area is 127 Å². The zero-order chi connectivity index (χ0) is 14.8. The Morgan fingerprint density at radius 1 is 1.29 bits per heavy atom. The molecule has 0 saturated heterocycles. The van der Waals surface area contributed by atoms with E-state index in [0.717, 1.165) is 19.3 Å². The van der Waals surface area contributed by atoms with E-state index >= 15 is 0 Å². The molecule has 3 rings (SSSR count). The number of fused-ring (bicyclic) bond motifs is 1. The molecule has 0 spiro atoms. The van der Waals surface area contributed by atoms with Crippen LogP contribution in [-0.2, 0) is 12.8 Å². The van der Waals surface area contributed by atoms with Crippen LogP contribution in [0.3, 0.4) is 0 Å². The minimum Gasteiger partial charge on any atom is -0.330 e. The highest BCUT2D eigenvalue weighted by atomic mass is 15.1. The van der Waals surface area contributed by atoms with E-state index in [4.69, 9.17) is 5.73 Å². The minimum atomic E-state index is 0.0877. The summed E-state index contributed by atoms with van der Waals surface area (Å²) >= 11 is 0. The molecule has 2 N–H and O–H groups in total. The van der Waals surface area contributed by atoms with Gasteiger partial charge in [-0.15, -0.1) is 0 Å². The van der Waals surface area contributed by atoms with Crippen LogP contribution in [-0.4, -0.2) is 9.55 Å². The molecule has 0 fully saturated rings. The van der Waals surface area contributed by atoms with Crippen LogP contribution in [0.2, 0.25) is 0 Å². The number of hydrogen-bond acceptors (Lipinski definition) is 2. The number of nitrogens with zero attached hydrogens (tertiary/aromatic N) is 2. The van der Waals surface area contributed by atoms with E-state index in [0.29, 0.717) is 12.0 Å². The number of benzene rings is 1. The lowest BCUT2D eigenvalue weighted by atomic mass is 9.88. The third-order valence-electron chi connectivity index (χ3n) is 4.52. The van der Waals surface area contributed by atoms with Gasteiger partial charge in [-0.1, -0.05) is 38.1 Å². The molecular weight excluding hydrogens is 258 g/mol. The Morgan fingerprint density at radius 2 is 2.05 bits per heavy atom. The van der Waals surface area contributed by atoms with Crippen LogP contribution in [0, 0.1) is 5.92 Å². The minimum absolute atomic E-state index is 0.0877. The Bertz CT molecular complexity index is 600. The van der Waals surface area contributed by atoms with Crippen molar-refractivity contribution in [3.8, 4) is 0 Å². The van der Waals surface area contributed by atoms with Crippen molar-refractivity contribution in [1.82, 2.24) is 9.55 Å². The summed E-state index contributed by atoms with van der Waals surface area (Å²) in [6.45, 7) is 4.44. The van der Waals surface area contributed by atoms with Crippen LogP contribution in [0.4, 0.5) is 0 Å². The summed E-state index contributed by atoms with van der Waals surface area (Å²) in [6.07, 6.45) is 8.34. The van der Waals surface area contributed by atoms with Crippen LogP contribution in [0.15, 0.2) is 36.8 Å². The number of rotatable bonds is 4. The van der Waals surface area contributed by atoms with Crippen LogP contribution in [0.1, 0.15) is 55.6 Å². The molecule has 21 heavy (non-hydrogen) atoms. The van der Waals surface area contributed by atoms with Gasteiger partial charge in [0.05, 0.1) is 12.0 Å². The highest BCUT2D eigenvalue weighted by Gasteiger charge is 2.23. The van der Waals surface area contributed by atoms with E-state index in [-0.39, 0.29) is 6.04 Å². The third kappa shape index (κ3) is 3.03. The predicted octanol–water partition coefficient (Wildman–Crippen LogP) is 3.66. The summed E-state index contributed by atoms with van der Waals surface area (Å²) < 4.78 is 2.32. The lowest BCUT2D eigenvalue weighted by Crippen LogP contribution is -2.23. The maximum atomic E-state index is 6.38. The van der Waals surface area contributed by atoms with Crippen LogP contribution >= 0.6 is 0 Å². The second-order valence-electron chi connectivity index (χ2n) is 6.63. The van der Waals surface area contributed by atoms with Crippen LogP contribution in [0.25, 0.3) is 0 Å². The normalized spacial score (nSPS) is 19.5. The van der Waals surface area contributed by atoms with Gasteiger partial charge >= 0.3 is 0 Å². The molecule has 2 unspecified atom stereocenters. The molecule has 3 heteroatoms. The smallest absolute Gasteiger partial charge is 0.0951 e. The number of aryl methyl sites for hydroxylation is 1. The average Bonchev–Trinajstić information content (AvgIpc) is 2.95. The van der Waals surface area contributed by atoms with Gasteiger partial charge in [-0.3, -0.25) is 0 Å². The Balaban J connectivity index is 1.81. The number of aromatic nitrogens is 2. The van der Waals surface area contributed by atoms with E-state index < -0.39 is 0 Å². The molecule has 1 aromatic carbocycles. The predicted molar refractivity (Wildman–Crippen MR) is 86.1 cm³/mol. The fourth-order valence-electron chi connectivity index (χ4n) is 3.45. The first-order valence-corrected chi connectivity index (χ1v) is 7.99. The van der Waals surface area contributed by atoms with Crippen LogP contribution in [0.5, 0.6) is 0 Å². The van der Waals surface area contributed by atoms with Crippen molar-refractivity contribution in [2.24, 2.45) is 11.7 Å². The van der Waals surface area contributed by atoms with Crippen molar-refractivity contribution >= 4 is 0 Å². The first-order valence-electron chi connectivity index (χ1n) is 7.99. The molecule has 1 heterocycles. The van der Waals surface area contributed by atoms with Gasteiger partial charge in [-0.05, 0) is 42.7 Å². The molecule has 0 saturated carbocycles. The van der Waals surface area contributed by atoms with Gasteiger partial charge in [-0.25, -0.2) is 4.98 Å². The number of nitrogens with two attached hydrogens (primary N) is 1. The second kappa shape index (κ2) is 6.02. The largest absolute Gasteiger partial charge is 0.330 e. The first kappa shape index (κ1) is 14.3. The van der Waals surface area contributed by atoms with Gasteiger partial charge in [0, 0.05) is 18.3 Å². The Morgan fingerprint density at radius 3 is 2.81 bits per heavy atom. The van der Waals surface area contributed by atoms with Gasteiger partial charge in [0.15, 0.2) is 0 Å². The van der Waals surface area contributed by atoms with E-state index in [1.54, 1.807) is 0 Å². The summed E-state index contributed by atoms with van der Waals surface area (Å²) in [5.41, 5.74) is 10.5. The van der Waals surface area contributed by atoms with Gasteiger partial charge in [0.1, 0.15) is 0 Å². The molecule has 1 aliphatic carbocycles. The molecule has 0 bridgehead atoms. The fraction of sp³-hybridized carbons (Fsp3) is 0.500. The summed E-state index contributed by atoms with van der Waals surface area (Å²) in [5.74, 6) is 0.607. The van der Waals surface area contributed by atoms with Gasteiger partial charge < -0.3 is 10.3 Å². The molecule has 2 aromatic rings. The van der Waals surface area contributed by atoms with Crippen molar-refractivity contribution in [2.45, 2.75) is 51.6 Å². The summed E-state index contributed by atoms with van der Waals surface area (Å²) in [6, 6.07) is 9.37. The summed E-state index contributed by atoms with van der Waals surface area (Å²) in [7, 11) is 0. The molecule has 1 aromatic heterocycles. The Hall–Kier alpha value is -1.61. The maximum absolute atomic E-state index is 6.38. The van der Waals surface area contributed by atoms with E-state index in [1.165, 1.54) is 23.2 Å². The zero-order valence-electron chi connectivity index (χ0n) is 13.0. The highest BCUT2D eigenvalue weighted by Crippen LogP contribution is 2.31. The SMILES string of the molecule is CC(C)CC(N)c1cncn1C1CCc2ccccc2C1. The van der Waals surface area contributed by atoms with Gasteiger partial charge in [0.25, 0.3) is 0 Å². The molecule has 2 atom stereocenters. The topological polar surface area (TPSA) is 43.8 Å². The molecular formula is C18H25N3. The van der Waals surface area contributed by atoms with E-state index in [1.807, 2.05) is 12.5 Å². The number of hydrogen-bond donors (Lipinski definition) is 1. The lowest BCUT2D eigenvalue weighted by Gasteiger charge is -2.28. The van der Waals surface area contributed by atoms with E-state index in [9.17, 15) is 0 Å². The van der Waals surface area contributed by atoms with Crippen molar-refractivity contribution in [3.05, 3.63) is 53.6 Å². The van der Waals surface area contributed by atoms with Crippen LogP contribution < -0.4 is 5.73 Å².